The van der Waals surface area contributed by atoms with Gasteiger partial charge in [-0.15, -0.1) is 5.10 Å². The van der Waals surface area contributed by atoms with E-state index in [4.69, 9.17) is 0 Å². The van der Waals surface area contributed by atoms with Crippen molar-refractivity contribution in [1.29, 1.82) is 0 Å². The standard InChI is InChI=1S/C12H13BrN6O2/c13-8-5-14-2-1-9(8)16-12(21)18-6-10(11(20)7-18)19-4-3-15-17-19/h1-5,10-11,20H,6-7H2,(H,14,16,21)/t10-,11-/m1/s1. The topological polar surface area (TPSA) is 96.2 Å². The number of amides is 2. The summed E-state index contributed by atoms with van der Waals surface area (Å²) in [5, 5.41) is 20.4. The number of urea groups is 1. The van der Waals surface area contributed by atoms with Gasteiger partial charge in [0.05, 0.1) is 35.0 Å². The van der Waals surface area contributed by atoms with E-state index in [0.29, 0.717) is 16.7 Å². The SMILES string of the molecule is O=C(Nc1ccncc1Br)N1C[C@@H](O)[C@H](n2ccnn2)C1. The van der Waals surface area contributed by atoms with Gasteiger partial charge >= 0.3 is 6.03 Å². The molecule has 2 aromatic heterocycles. The highest BCUT2D eigenvalue weighted by atomic mass is 79.9. The van der Waals surface area contributed by atoms with Crippen molar-refractivity contribution in [1.82, 2.24) is 24.9 Å². The quantitative estimate of drug-likeness (QED) is 0.836. The molecule has 2 N–H and O–H groups in total. The predicted molar refractivity (Wildman–Crippen MR) is 77.6 cm³/mol. The third-order valence-corrected chi connectivity index (χ3v) is 3.97. The third-order valence-electron chi connectivity index (χ3n) is 3.34. The van der Waals surface area contributed by atoms with Gasteiger partial charge in [-0.2, -0.15) is 0 Å². The molecule has 0 bridgehead atoms. The van der Waals surface area contributed by atoms with Gasteiger partial charge in [0, 0.05) is 25.1 Å². The molecule has 3 heterocycles. The lowest BCUT2D eigenvalue weighted by Gasteiger charge is -2.17. The van der Waals surface area contributed by atoms with E-state index in [9.17, 15) is 9.90 Å². The summed E-state index contributed by atoms with van der Waals surface area (Å²) in [6, 6.07) is 1.14. The van der Waals surface area contributed by atoms with Crippen LogP contribution in [0.3, 0.4) is 0 Å². The van der Waals surface area contributed by atoms with E-state index in [-0.39, 0.29) is 18.6 Å². The number of hydrogen-bond acceptors (Lipinski definition) is 5. The molecule has 1 saturated heterocycles. The highest BCUT2D eigenvalue weighted by molar-refractivity contribution is 9.10. The zero-order valence-corrected chi connectivity index (χ0v) is 12.5. The molecule has 1 aliphatic rings. The van der Waals surface area contributed by atoms with Gasteiger partial charge in [0.25, 0.3) is 0 Å². The smallest absolute Gasteiger partial charge is 0.322 e. The van der Waals surface area contributed by atoms with Gasteiger partial charge in [-0.1, -0.05) is 5.21 Å². The molecule has 21 heavy (non-hydrogen) atoms. The summed E-state index contributed by atoms with van der Waals surface area (Å²) in [4.78, 5) is 17.7. The first-order valence-corrected chi connectivity index (χ1v) is 7.14. The number of aliphatic hydroxyl groups excluding tert-OH is 1. The van der Waals surface area contributed by atoms with Crippen molar-refractivity contribution in [3.63, 3.8) is 0 Å². The number of anilines is 1. The van der Waals surface area contributed by atoms with Gasteiger partial charge in [-0.3, -0.25) is 4.98 Å². The molecule has 0 unspecified atom stereocenters. The van der Waals surface area contributed by atoms with Crippen LogP contribution < -0.4 is 5.32 Å². The molecule has 2 atom stereocenters. The van der Waals surface area contributed by atoms with Gasteiger partial charge in [0.2, 0.25) is 0 Å². The molecule has 2 aromatic rings. The summed E-state index contributed by atoms with van der Waals surface area (Å²) in [6.07, 6.45) is 5.75. The molecule has 8 nitrogen and oxygen atoms in total. The number of hydrogen-bond donors (Lipinski definition) is 2. The number of β-amino-alcohol motifs (C(OH)–C–C–N with tert-alkyl or cyclic N) is 1. The zero-order valence-electron chi connectivity index (χ0n) is 10.9. The van der Waals surface area contributed by atoms with Crippen LogP contribution in [0.5, 0.6) is 0 Å². The normalized spacial score (nSPS) is 21.5. The number of pyridine rings is 1. The number of likely N-dealkylation sites (tertiary alicyclic amines) is 1. The van der Waals surface area contributed by atoms with E-state index in [1.165, 1.54) is 0 Å². The molecule has 0 aromatic carbocycles. The van der Waals surface area contributed by atoms with E-state index < -0.39 is 6.10 Å². The number of nitrogens with zero attached hydrogens (tertiary/aromatic N) is 5. The maximum absolute atomic E-state index is 12.2. The Bertz CT molecular complexity index is 634. The van der Waals surface area contributed by atoms with Crippen LogP contribution in [0.4, 0.5) is 10.5 Å². The summed E-state index contributed by atoms with van der Waals surface area (Å²) >= 11 is 3.32. The van der Waals surface area contributed by atoms with Gasteiger partial charge in [0.15, 0.2) is 0 Å². The Labute approximate surface area is 128 Å². The van der Waals surface area contributed by atoms with Crippen LogP contribution in [0.25, 0.3) is 0 Å². The van der Waals surface area contributed by atoms with Crippen LogP contribution in [0, 0.1) is 0 Å². The van der Waals surface area contributed by atoms with Crippen LogP contribution >= 0.6 is 15.9 Å². The van der Waals surface area contributed by atoms with Gasteiger partial charge in [0.1, 0.15) is 0 Å². The van der Waals surface area contributed by atoms with Crippen molar-refractivity contribution >= 4 is 27.6 Å². The van der Waals surface area contributed by atoms with Crippen LogP contribution in [-0.2, 0) is 0 Å². The lowest BCUT2D eigenvalue weighted by atomic mass is 10.2. The molecule has 9 heteroatoms. The van der Waals surface area contributed by atoms with Gasteiger partial charge in [-0.25, -0.2) is 9.48 Å². The van der Waals surface area contributed by atoms with E-state index in [2.05, 4.69) is 36.5 Å². The first kappa shape index (κ1) is 14.0. The van der Waals surface area contributed by atoms with Crippen molar-refractivity contribution in [2.45, 2.75) is 12.1 Å². The Balaban J connectivity index is 1.68. The number of rotatable bonds is 2. The summed E-state index contributed by atoms with van der Waals surface area (Å²) in [5.41, 5.74) is 0.633. The Kier molecular flexibility index (Phi) is 3.84. The lowest BCUT2D eigenvalue weighted by Crippen LogP contribution is -2.33. The Hall–Kier alpha value is -2.00. The van der Waals surface area contributed by atoms with Gasteiger partial charge in [-0.05, 0) is 22.0 Å². The average Bonchev–Trinajstić information content (AvgIpc) is 3.10. The van der Waals surface area contributed by atoms with Crippen molar-refractivity contribution in [3.05, 3.63) is 35.3 Å². The first-order valence-electron chi connectivity index (χ1n) is 6.34. The van der Waals surface area contributed by atoms with Crippen molar-refractivity contribution in [2.24, 2.45) is 0 Å². The predicted octanol–water partition coefficient (Wildman–Crippen LogP) is 0.885. The second-order valence-electron chi connectivity index (χ2n) is 4.71. The summed E-state index contributed by atoms with van der Waals surface area (Å²) in [5.74, 6) is 0. The average molecular weight is 353 g/mol. The summed E-state index contributed by atoms with van der Waals surface area (Å²) < 4.78 is 2.27. The lowest BCUT2D eigenvalue weighted by molar-refractivity contribution is 0.139. The molecule has 3 rings (SSSR count). The molecule has 1 fully saturated rings. The van der Waals surface area contributed by atoms with E-state index >= 15 is 0 Å². The highest BCUT2D eigenvalue weighted by Gasteiger charge is 2.35. The Morgan fingerprint density at radius 3 is 3.00 bits per heavy atom. The number of carbonyl (C=O) groups excluding carboxylic acids is 1. The number of aromatic nitrogens is 4. The van der Waals surface area contributed by atoms with E-state index in [1.54, 1.807) is 40.4 Å². The Morgan fingerprint density at radius 1 is 1.43 bits per heavy atom. The minimum Gasteiger partial charge on any atom is -0.389 e. The third kappa shape index (κ3) is 2.88. The fourth-order valence-electron chi connectivity index (χ4n) is 2.26. The first-order chi connectivity index (χ1) is 10.1. The highest BCUT2D eigenvalue weighted by Crippen LogP contribution is 2.24. The van der Waals surface area contributed by atoms with Crippen LogP contribution in [0.1, 0.15) is 6.04 Å². The minimum absolute atomic E-state index is 0.249. The van der Waals surface area contributed by atoms with Crippen molar-refractivity contribution < 1.29 is 9.90 Å². The molecule has 1 aliphatic heterocycles. The molecule has 2 amide bonds. The summed E-state index contributed by atoms with van der Waals surface area (Å²) in [6.45, 7) is 0.623. The van der Waals surface area contributed by atoms with E-state index in [1.807, 2.05) is 0 Å². The molecule has 0 saturated carbocycles. The van der Waals surface area contributed by atoms with E-state index in [0.717, 1.165) is 0 Å². The molecular weight excluding hydrogens is 340 g/mol. The monoisotopic (exact) mass is 352 g/mol. The van der Waals surface area contributed by atoms with Crippen molar-refractivity contribution in [3.8, 4) is 0 Å². The number of aliphatic hydroxyl groups is 1. The van der Waals surface area contributed by atoms with Gasteiger partial charge < -0.3 is 15.3 Å². The van der Waals surface area contributed by atoms with Crippen LogP contribution in [0.2, 0.25) is 0 Å². The maximum atomic E-state index is 12.2. The van der Waals surface area contributed by atoms with Crippen LogP contribution in [0.15, 0.2) is 35.3 Å². The second-order valence-corrected chi connectivity index (χ2v) is 5.56. The number of halogens is 1. The second kappa shape index (κ2) is 5.78. The molecule has 0 aliphatic carbocycles. The number of carbonyl (C=O) groups is 1. The minimum atomic E-state index is -0.668. The largest absolute Gasteiger partial charge is 0.389 e. The fourth-order valence-corrected chi connectivity index (χ4v) is 2.61. The zero-order chi connectivity index (χ0) is 14.8. The van der Waals surface area contributed by atoms with Crippen molar-refractivity contribution in [2.75, 3.05) is 18.4 Å². The Morgan fingerprint density at radius 2 is 2.29 bits per heavy atom. The summed E-state index contributed by atoms with van der Waals surface area (Å²) in [7, 11) is 0. The molecular formula is C12H13BrN6O2. The molecule has 0 spiro atoms. The van der Waals surface area contributed by atoms with Crippen LogP contribution in [-0.4, -0.2) is 55.2 Å². The molecule has 110 valence electrons. The maximum Gasteiger partial charge on any atom is 0.322 e. The number of nitrogens with one attached hydrogen (secondary N) is 1. The molecule has 0 radical (unpaired) electrons. The fraction of sp³-hybridized carbons (Fsp3) is 0.333.